The predicted octanol–water partition coefficient (Wildman–Crippen LogP) is 2.42. The van der Waals surface area contributed by atoms with Gasteiger partial charge < -0.3 is 15.7 Å². The van der Waals surface area contributed by atoms with E-state index in [1.807, 2.05) is 0 Å². The van der Waals surface area contributed by atoms with Gasteiger partial charge in [-0.05, 0) is 47.3 Å². The van der Waals surface area contributed by atoms with Gasteiger partial charge in [0.15, 0.2) is 5.16 Å². The van der Waals surface area contributed by atoms with Crippen LogP contribution >= 0.6 is 27.7 Å². The third-order valence-electron chi connectivity index (χ3n) is 3.69. The third-order valence-corrected chi connectivity index (χ3v) is 6.16. The zero-order valence-electron chi connectivity index (χ0n) is 15.9. The first-order valence-corrected chi connectivity index (χ1v) is 12.1. The van der Waals surface area contributed by atoms with Crippen LogP contribution in [-0.4, -0.2) is 57.6 Å². The van der Waals surface area contributed by atoms with E-state index in [1.54, 1.807) is 31.5 Å². The van der Waals surface area contributed by atoms with Crippen molar-refractivity contribution in [3.05, 3.63) is 34.9 Å². The normalized spacial score (nSPS) is 12.4. The lowest BCUT2D eigenvalue weighted by atomic mass is 10.3. The van der Waals surface area contributed by atoms with Crippen LogP contribution in [0, 0.1) is 0 Å². The van der Waals surface area contributed by atoms with Crippen LogP contribution in [0.15, 0.2) is 45.0 Å². The van der Waals surface area contributed by atoms with Gasteiger partial charge in [-0.1, -0.05) is 17.8 Å². The zero-order chi connectivity index (χ0) is 21.7. The van der Waals surface area contributed by atoms with Gasteiger partial charge in [0.25, 0.3) is 16.0 Å². The van der Waals surface area contributed by atoms with E-state index in [2.05, 4.69) is 56.4 Å². The fourth-order valence-corrected chi connectivity index (χ4v) is 3.85. The van der Waals surface area contributed by atoms with Crippen molar-refractivity contribution in [3.8, 4) is 0 Å². The molecule has 30 heavy (non-hydrogen) atoms. The molecule has 3 rings (SSSR count). The summed E-state index contributed by atoms with van der Waals surface area (Å²) in [5, 5.41) is 22.2. The van der Waals surface area contributed by atoms with E-state index in [-0.39, 0.29) is 29.4 Å². The van der Waals surface area contributed by atoms with Crippen molar-refractivity contribution in [2.75, 3.05) is 28.2 Å². The van der Waals surface area contributed by atoms with Crippen molar-refractivity contribution in [1.82, 2.24) is 25.1 Å². The van der Waals surface area contributed by atoms with E-state index in [9.17, 15) is 13.5 Å². The van der Waals surface area contributed by atoms with Gasteiger partial charge in [0.2, 0.25) is 5.95 Å². The minimum Gasteiger partial charge on any atom is -0.394 e. The highest BCUT2D eigenvalue weighted by Gasteiger charge is 2.18. The van der Waals surface area contributed by atoms with Gasteiger partial charge in [-0.25, -0.2) is 18.1 Å². The summed E-state index contributed by atoms with van der Waals surface area (Å²) in [4.78, 5) is 12.6. The molecular formula is C16H19BrN8O3S2. The molecule has 0 aliphatic rings. The van der Waals surface area contributed by atoms with Gasteiger partial charge >= 0.3 is 0 Å². The number of rotatable bonds is 9. The molecule has 1 atom stereocenters. The topological polar surface area (TPSA) is 158 Å². The monoisotopic (exact) mass is 514 g/mol. The molecule has 3 aromatic rings. The number of benzene rings is 1. The second-order valence-corrected chi connectivity index (χ2v) is 9.38. The Morgan fingerprint density at radius 1 is 1.30 bits per heavy atom. The molecule has 0 saturated carbocycles. The van der Waals surface area contributed by atoms with Crippen LogP contribution in [0.5, 0.6) is 0 Å². The summed E-state index contributed by atoms with van der Waals surface area (Å²) in [6.07, 6.45) is 3.35. The highest BCUT2D eigenvalue weighted by molar-refractivity contribution is 9.10. The van der Waals surface area contributed by atoms with E-state index in [0.29, 0.717) is 21.1 Å². The molecule has 0 amide bonds. The average Bonchev–Trinajstić information content (AvgIpc) is 3.17. The Labute approximate surface area is 185 Å². The molecule has 0 radical (unpaired) electrons. The standard InChI is InChI=1S/C16H19BrN8O3S2/c1-9(8-26)19-13-12(17)7-18-14(21-13)20-10-4-3-5-11(6-10)30(27,28)25-15-22-16(29-2)24-23-15/h3-7,9,26H,8H2,1-2H3,(H2,18,19,20,21)(H2,22,23,24,25)/t9-/m1/s1. The number of nitrogens with one attached hydrogen (secondary N) is 4. The number of halogens is 1. The Hall–Kier alpha value is -2.42. The highest BCUT2D eigenvalue weighted by Crippen LogP contribution is 2.24. The second kappa shape index (κ2) is 9.59. The molecule has 2 heterocycles. The molecule has 0 aliphatic carbocycles. The van der Waals surface area contributed by atoms with Crippen molar-refractivity contribution in [1.29, 1.82) is 0 Å². The molecule has 2 aromatic heterocycles. The predicted molar refractivity (Wildman–Crippen MR) is 119 cm³/mol. The van der Waals surface area contributed by atoms with Gasteiger partial charge in [0, 0.05) is 17.9 Å². The van der Waals surface area contributed by atoms with E-state index in [1.165, 1.54) is 23.9 Å². The Bertz CT molecular complexity index is 1130. The summed E-state index contributed by atoms with van der Waals surface area (Å²) in [6, 6.07) is 5.97. The first-order valence-electron chi connectivity index (χ1n) is 8.57. The largest absolute Gasteiger partial charge is 0.394 e. The lowest BCUT2D eigenvalue weighted by molar-refractivity contribution is 0.281. The van der Waals surface area contributed by atoms with Crippen molar-refractivity contribution < 1.29 is 13.5 Å². The molecule has 0 saturated heterocycles. The SMILES string of the molecule is CSc1nc(NS(=O)(=O)c2cccc(Nc3ncc(Br)c(N[C@H](C)CO)n3)c2)n[nH]1. The molecule has 14 heteroatoms. The molecule has 160 valence electrons. The quantitative estimate of drug-likeness (QED) is 0.268. The van der Waals surface area contributed by atoms with E-state index in [0.717, 1.165) is 0 Å². The number of aromatic nitrogens is 5. The summed E-state index contributed by atoms with van der Waals surface area (Å²) in [7, 11) is -3.89. The zero-order valence-corrected chi connectivity index (χ0v) is 19.1. The van der Waals surface area contributed by atoms with Crippen LogP contribution in [0.1, 0.15) is 6.92 Å². The number of anilines is 4. The summed E-state index contributed by atoms with van der Waals surface area (Å²) in [6.45, 7) is 1.74. The number of aliphatic hydroxyl groups is 1. The summed E-state index contributed by atoms with van der Waals surface area (Å²) < 4.78 is 28.3. The Kier molecular flexibility index (Phi) is 7.12. The molecule has 5 N–H and O–H groups in total. The molecule has 0 spiro atoms. The molecule has 0 unspecified atom stereocenters. The molecule has 0 aliphatic heterocycles. The number of aromatic amines is 1. The van der Waals surface area contributed by atoms with Gasteiger partial charge in [0.1, 0.15) is 5.82 Å². The fraction of sp³-hybridized carbons (Fsp3) is 0.250. The lowest BCUT2D eigenvalue weighted by Crippen LogP contribution is -2.20. The second-order valence-electron chi connectivity index (χ2n) is 6.04. The number of thioether (sulfide) groups is 1. The lowest BCUT2D eigenvalue weighted by Gasteiger charge is -2.14. The summed E-state index contributed by atoms with van der Waals surface area (Å²) in [5.41, 5.74) is 0.473. The maximum absolute atomic E-state index is 12.6. The first kappa shape index (κ1) is 22.3. The van der Waals surface area contributed by atoms with E-state index >= 15 is 0 Å². The van der Waals surface area contributed by atoms with Crippen LogP contribution in [-0.2, 0) is 10.0 Å². The van der Waals surface area contributed by atoms with Gasteiger partial charge in [-0.15, -0.1) is 5.10 Å². The Morgan fingerprint density at radius 2 is 2.10 bits per heavy atom. The molecule has 0 fully saturated rings. The van der Waals surface area contributed by atoms with Crippen LogP contribution < -0.4 is 15.4 Å². The van der Waals surface area contributed by atoms with Crippen molar-refractivity contribution in [2.45, 2.75) is 23.0 Å². The van der Waals surface area contributed by atoms with E-state index in [4.69, 9.17) is 0 Å². The maximum Gasteiger partial charge on any atom is 0.264 e. The number of nitrogens with zero attached hydrogens (tertiary/aromatic N) is 4. The van der Waals surface area contributed by atoms with Crippen LogP contribution in [0.3, 0.4) is 0 Å². The van der Waals surface area contributed by atoms with Gasteiger partial charge in [-0.3, -0.25) is 5.10 Å². The molecule has 0 bridgehead atoms. The van der Waals surface area contributed by atoms with E-state index < -0.39 is 10.0 Å². The fourth-order valence-electron chi connectivity index (χ4n) is 2.24. The summed E-state index contributed by atoms with van der Waals surface area (Å²) >= 11 is 4.66. The molecule has 1 aromatic carbocycles. The Morgan fingerprint density at radius 3 is 2.80 bits per heavy atom. The number of aliphatic hydroxyl groups excluding tert-OH is 1. The van der Waals surface area contributed by atoms with Crippen LogP contribution in [0.2, 0.25) is 0 Å². The minimum absolute atomic E-state index is 0.0207. The van der Waals surface area contributed by atoms with Crippen LogP contribution in [0.25, 0.3) is 0 Å². The third kappa shape index (κ3) is 5.59. The summed E-state index contributed by atoms with van der Waals surface area (Å²) in [5.74, 6) is 0.711. The van der Waals surface area contributed by atoms with Crippen LogP contribution in [0.4, 0.5) is 23.4 Å². The van der Waals surface area contributed by atoms with Gasteiger partial charge in [0.05, 0.1) is 16.0 Å². The number of H-pyrrole nitrogens is 1. The first-order chi connectivity index (χ1) is 14.3. The minimum atomic E-state index is -3.89. The van der Waals surface area contributed by atoms with Crippen molar-refractivity contribution in [3.63, 3.8) is 0 Å². The number of hydrogen-bond acceptors (Lipinski definition) is 10. The highest BCUT2D eigenvalue weighted by atomic mass is 79.9. The smallest absolute Gasteiger partial charge is 0.264 e. The average molecular weight is 515 g/mol. The molecule has 11 nitrogen and oxygen atoms in total. The molecular weight excluding hydrogens is 496 g/mol. The number of hydrogen-bond donors (Lipinski definition) is 5. The number of sulfonamides is 1. The maximum atomic E-state index is 12.6. The van der Waals surface area contributed by atoms with Crippen molar-refractivity contribution >= 4 is 61.1 Å². The van der Waals surface area contributed by atoms with Crippen molar-refractivity contribution in [2.24, 2.45) is 0 Å². The van der Waals surface area contributed by atoms with Gasteiger partial charge in [-0.2, -0.15) is 9.97 Å². The Balaban J connectivity index is 1.79.